The van der Waals surface area contributed by atoms with Gasteiger partial charge in [-0.3, -0.25) is 0 Å². The SMILES string of the molecule is CC(C)(C)[Si](C)(C)OC1CC=CC=CC1. The van der Waals surface area contributed by atoms with Gasteiger partial charge in [0.25, 0.3) is 0 Å². The molecule has 1 nitrogen and oxygen atoms in total. The Balaban J connectivity index is 2.60. The predicted octanol–water partition coefficient (Wildman–Crippen LogP) is 4.28. The third-order valence-corrected chi connectivity index (χ3v) is 7.98. The van der Waals surface area contributed by atoms with Crippen LogP contribution in [0, 0.1) is 0 Å². The second-order valence-electron chi connectivity index (χ2n) is 5.83. The molecule has 0 aliphatic heterocycles. The smallest absolute Gasteiger partial charge is 0.192 e. The summed E-state index contributed by atoms with van der Waals surface area (Å²) in [4.78, 5) is 0. The molecule has 86 valence electrons. The van der Waals surface area contributed by atoms with Crippen molar-refractivity contribution < 1.29 is 4.43 Å². The van der Waals surface area contributed by atoms with Crippen molar-refractivity contribution in [3.8, 4) is 0 Å². The Bertz CT molecular complexity index is 244. The van der Waals surface area contributed by atoms with Crippen LogP contribution in [-0.2, 0) is 4.43 Å². The third kappa shape index (κ3) is 3.62. The Kier molecular flexibility index (Phi) is 3.96. The normalized spacial score (nSPS) is 19.3. The molecule has 0 aromatic heterocycles. The summed E-state index contributed by atoms with van der Waals surface area (Å²) < 4.78 is 6.36. The van der Waals surface area contributed by atoms with E-state index < -0.39 is 8.32 Å². The molecule has 1 aliphatic rings. The lowest BCUT2D eigenvalue weighted by atomic mass is 10.2. The van der Waals surface area contributed by atoms with Gasteiger partial charge in [-0.2, -0.15) is 0 Å². The largest absolute Gasteiger partial charge is 0.413 e. The van der Waals surface area contributed by atoms with Gasteiger partial charge in [0.05, 0.1) is 6.10 Å². The Labute approximate surface area is 95.4 Å². The summed E-state index contributed by atoms with van der Waals surface area (Å²) in [6, 6.07) is 0. The molecule has 0 N–H and O–H groups in total. The Morgan fingerprint density at radius 1 is 1.07 bits per heavy atom. The van der Waals surface area contributed by atoms with E-state index in [0.717, 1.165) is 12.8 Å². The summed E-state index contributed by atoms with van der Waals surface area (Å²) in [5.41, 5.74) is 0. The molecule has 0 spiro atoms. The first-order valence-electron chi connectivity index (χ1n) is 5.82. The fourth-order valence-electron chi connectivity index (χ4n) is 1.40. The fraction of sp³-hybridized carbons (Fsp3) is 0.692. The summed E-state index contributed by atoms with van der Waals surface area (Å²) in [5.74, 6) is 0. The van der Waals surface area contributed by atoms with Crippen LogP contribution < -0.4 is 0 Å². The van der Waals surface area contributed by atoms with Crippen LogP contribution in [0.25, 0.3) is 0 Å². The van der Waals surface area contributed by atoms with Gasteiger partial charge in [0.1, 0.15) is 0 Å². The van der Waals surface area contributed by atoms with E-state index in [1.807, 2.05) is 0 Å². The van der Waals surface area contributed by atoms with Gasteiger partial charge in [0, 0.05) is 0 Å². The molecule has 0 saturated carbocycles. The topological polar surface area (TPSA) is 9.23 Å². The first-order chi connectivity index (χ1) is 6.83. The van der Waals surface area contributed by atoms with Crippen LogP contribution in [0.4, 0.5) is 0 Å². The van der Waals surface area contributed by atoms with E-state index in [9.17, 15) is 0 Å². The van der Waals surface area contributed by atoms with E-state index in [-0.39, 0.29) is 0 Å². The molecule has 0 saturated heterocycles. The quantitative estimate of drug-likeness (QED) is 0.636. The lowest BCUT2D eigenvalue weighted by Gasteiger charge is -2.39. The van der Waals surface area contributed by atoms with Crippen LogP contribution in [0.1, 0.15) is 33.6 Å². The van der Waals surface area contributed by atoms with Crippen molar-refractivity contribution in [2.45, 2.75) is 57.8 Å². The maximum absolute atomic E-state index is 6.36. The average Bonchev–Trinajstić information content (AvgIpc) is 2.30. The average molecular weight is 224 g/mol. The van der Waals surface area contributed by atoms with Crippen LogP contribution in [-0.4, -0.2) is 14.4 Å². The summed E-state index contributed by atoms with van der Waals surface area (Å²) in [6.45, 7) is 11.5. The standard InChI is InChI=1S/C13H24OSi/c1-13(2,3)15(4,5)14-12-10-8-6-7-9-11-12/h6-9,12H,10-11H2,1-5H3. The van der Waals surface area contributed by atoms with E-state index >= 15 is 0 Å². The summed E-state index contributed by atoms with van der Waals surface area (Å²) in [7, 11) is -1.58. The minimum atomic E-state index is -1.58. The molecule has 0 amide bonds. The molecule has 15 heavy (non-hydrogen) atoms. The minimum Gasteiger partial charge on any atom is -0.413 e. The molecule has 0 unspecified atom stereocenters. The van der Waals surface area contributed by atoms with E-state index in [1.54, 1.807) is 0 Å². The minimum absolute atomic E-state index is 0.312. The van der Waals surface area contributed by atoms with Gasteiger partial charge in [-0.25, -0.2) is 0 Å². The van der Waals surface area contributed by atoms with Crippen LogP contribution >= 0.6 is 0 Å². The molecule has 0 heterocycles. The predicted molar refractivity (Wildman–Crippen MR) is 69.6 cm³/mol. The Morgan fingerprint density at radius 2 is 1.53 bits per heavy atom. The molecule has 0 bridgehead atoms. The van der Waals surface area contributed by atoms with Crippen molar-refractivity contribution in [2.24, 2.45) is 0 Å². The molecular formula is C13H24OSi. The zero-order valence-electron chi connectivity index (χ0n) is 10.7. The van der Waals surface area contributed by atoms with E-state index in [4.69, 9.17) is 4.43 Å². The van der Waals surface area contributed by atoms with Crippen molar-refractivity contribution in [1.29, 1.82) is 0 Å². The molecule has 1 aliphatic carbocycles. The first kappa shape index (κ1) is 12.7. The van der Waals surface area contributed by atoms with Gasteiger partial charge in [-0.15, -0.1) is 0 Å². The maximum atomic E-state index is 6.36. The Hall–Kier alpha value is -0.343. The van der Waals surface area contributed by atoms with Crippen LogP contribution in [0.5, 0.6) is 0 Å². The second kappa shape index (κ2) is 4.66. The van der Waals surface area contributed by atoms with Crippen molar-refractivity contribution in [1.82, 2.24) is 0 Å². The summed E-state index contributed by atoms with van der Waals surface area (Å²) in [5, 5.41) is 0.312. The molecule has 0 aromatic rings. The zero-order valence-corrected chi connectivity index (χ0v) is 11.7. The van der Waals surface area contributed by atoms with Crippen molar-refractivity contribution >= 4 is 8.32 Å². The molecule has 0 atom stereocenters. The Morgan fingerprint density at radius 3 is 1.93 bits per heavy atom. The van der Waals surface area contributed by atoms with Gasteiger partial charge in [-0.05, 0) is 31.0 Å². The van der Waals surface area contributed by atoms with Gasteiger partial charge >= 0.3 is 0 Å². The highest BCUT2D eigenvalue weighted by molar-refractivity contribution is 6.74. The molecule has 0 aromatic carbocycles. The van der Waals surface area contributed by atoms with Gasteiger partial charge in [-0.1, -0.05) is 45.1 Å². The zero-order chi connectivity index (χ0) is 11.5. The number of hydrogen-bond donors (Lipinski definition) is 0. The van der Waals surface area contributed by atoms with E-state index in [0.29, 0.717) is 11.1 Å². The highest BCUT2D eigenvalue weighted by Gasteiger charge is 2.38. The van der Waals surface area contributed by atoms with E-state index in [2.05, 4.69) is 58.2 Å². The monoisotopic (exact) mass is 224 g/mol. The molecular weight excluding hydrogens is 200 g/mol. The number of allylic oxidation sites excluding steroid dienone is 2. The van der Waals surface area contributed by atoms with Crippen molar-refractivity contribution in [3.05, 3.63) is 24.3 Å². The third-order valence-electron chi connectivity index (χ3n) is 3.45. The summed E-state index contributed by atoms with van der Waals surface area (Å²) in [6.07, 6.45) is 11.2. The van der Waals surface area contributed by atoms with Gasteiger partial charge < -0.3 is 4.43 Å². The van der Waals surface area contributed by atoms with Crippen LogP contribution in [0.3, 0.4) is 0 Å². The molecule has 0 radical (unpaired) electrons. The number of rotatable bonds is 2. The van der Waals surface area contributed by atoms with Crippen molar-refractivity contribution in [3.63, 3.8) is 0 Å². The van der Waals surface area contributed by atoms with Crippen molar-refractivity contribution in [2.75, 3.05) is 0 Å². The van der Waals surface area contributed by atoms with Gasteiger partial charge in [0.15, 0.2) is 8.32 Å². The molecule has 1 rings (SSSR count). The van der Waals surface area contributed by atoms with E-state index in [1.165, 1.54) is 0 Å². The van der Waals surface area contributed by atoms with Crippen LogP contribution in [0.2, 0.25) is 18.1 Å². The summed E-state index contributed by atoms with van der Waals surface area (Å²) >= 11 is 0. The highest BCUT2D eigenvalue weighted by Crippen LogP contribution is 2.38. The molecule has 0 fully saturated rings. The maximum Gasteiger partial charge on any atom is 0.192 e. The lowest BCUT2D eigenvalue weighted by molar-refractivity contribution is 0.187. The molecule has 2 heteroatoms. The fourth-order valence-corrected chi connectivity index (χ4v) is 2.78. The number of hydrogen-bond acceptors (Lipinski definition) is 1. The first-order valence-corrected chi connectivity index (χ1v) is 8.73. The second-order valence-corrected chi connectivity index (χ2v) is 10.6. The van der Waals surface area contributed by atoms with Crippen LogP contribution in [0.15, 0.2) is 24.3 Å². The highest BCUT2D eigenvalue weighted by atomic mass is 28.4. The lowest BCUT2D eigenvalue weighted by Crippen LogP contribution is -2.43. The van der Waals surface area contributed by atoms with Gasteiger partial charge in [0.2, 0.25) is 0 Å².